The van der Waals surface area contributed by atoms with Crippen molar-refractivity contribution >= 4 is 15.9 Å². The number of halogens is 1. The molecular formula is C23H30BrNO5. The lowest BCUT2D eigenvalue weighted by Gasteiger charge is -2.40. The van der Waals surface area contributed by atoms with E-state index in [1.165, 1.54) is 5.56 Å². The fraction of sp³-hybridized carbons (Fsp3) is 0.478. The van der Waals surface area contributed by atoms with E-state index in [2.05, 4.69) is 27.8 Å². The number of aliphatic hydroxyl groups is 1. The van der Waals surface area contributed by atoms with E-state index in [9.17, 15) is 5.11 Å². The summed E-state index contributed by atoms with van der Waals surface area (Å²) >= 11 is 3.62. The van der Waals surface area contributed by atoms with Crippen LogP contribution >= 0.6 is 15.9 Å². The van der Waals surface area contributed by atoms with Gasteiger partial charge in [-0.05, 0) is 64.6 Å². The van der Waals surface area contributed by atoms with Gasteiger partial charge in [0.25, 0.3) is 0 Å². The zero-order chi connectivity index (χ0) is 21.8. The second-order valence-electron chi connectivity index (χ2n) is 7.29. The number of aliphatic hydroxyl groups excluding tert-OH is 1. The minimum absolute atomic E-state index is 0.220. The Morgan fingerprint density at radius 2 is 1.70 bits per heavy atom. The lowest BCUT2D eigenvalue weighted by molar-refractivity contribution is 0.0397. The van der Waals surface area contributed by atoms with Crippen LogP contribution in [0.3, 0.4) is 0 Å². The highest BCUT2D eigenvalue weighted by Crippen LogP contribution is 2.47. The molecule has 0 spiro atoms. The number of methoxy groups -OCH3 is 4. The zero-order valence-electron chi connectivity index (χ0n) is 18.2. The van der Waals surface area contributed by atoms with Crippen LogP contribution in [-0.2, 0) is 6.42 Å². The van der Waals surface area contributed by atoms with Crippen molar-refractivity contribution < 1.29 is 24.1 Å². The molecule has 0 aliphatic carbocycles. The molecule has 6 nitrogen and oxygen atoms in total. The molecule has 0 saturated heterocycles. The van der Waals surface area contributed by atoms with E-state index in [1.54, 1.807) is 28.4 Å². The molecule has 0 amide bonds. The first kappa shape index (κ1) is 22.7. The molecule has 0 fully saturated rings. The average molecular weight is 480 g/mol. The van der Waals surface area contributed by atoms with Gasteiger partial charge in [-0.25, -0.2) is 0 Å². The summed E-state index contributed by atoms with van der Waals surface area (Å²) in [6.45, 7) is 3.91. The molecule has 3 rings (SSSR count). The van der Waals surface area contributed by atoms with Gasteiger partial charge < -0.3 is 24.1 Å². The summed E-state index contributed by atoms with van der Waals surface area (Å²) < 4.78 is 22.7. The Bertz CT molecular complexity index is 888. The van der Waals surface area contributed by atoms with Crippen molar-refractivity contribution in [2.45, 2.75) is 31.9 Å². The van der Waals surface area contributed by atoms with E-state index in [1.807, 2.05) is 24.3 Å². The molecule has 2 aromatic rings. The van der Waals surface area contributed by atoms with E-state index in [0.29, 0.717) is 27.5 Å². The molecule has 7 heteroatoms. The second kappa shape index (κ2) is 9.90. The number of rotatable bonds is 8. The highest BCUT2D eigenvalue weighted by atomic mass is 79.9. The van der Waals surface area contributed by atoms with Crippen LogP contribution in [0.1, 0.15) is 42.2 Å². The third-order valence-corrected chi connectivity index (χ3v) is 6.49. The van der Waals surface area contributed by atoms with Gasteiger partial charge in [-0.3, -0.25) is 4.90 Å². The molecule has 0 saturated carbocycles. The van der Waals surface area contributed by atoms with Crippen molar-refractivity contribution in [3.63, 3.8) is 0 Å². The van der Waals surface area contributed by atoms with E-state index in [4.69, 9.17) is 18.9 Å². The van der Waals surface area contributed by atoms with Gasteiger partial charge in [-0.1, -0.05) is 13.0 Å². The summed E-state index contributed by atoms with van der Waals surface area (Å²) in [5.41, 5.74) is 2.98. The van der Waals surface area contributed by atoms with E-state index in [-0.39, 0.29) is 6.04 Å². The summed E-state index contributed by atoms with van der Waals surface area (Å²) in [4.78, 5) is 2.34. The topological polar surface area (TPSA) is 60.4 Å². The summed E-state index contributed by atoms with van der Waals surface area (Å²) in [6.07, 6.45) is 1.12. The summed E-state index contributed by atoms with van der Waals surface area (Å²) in [6, 6.07) is 7.52. The first-order valence-corrected chi connectivity index (χ1v) is 10.9. The number of fused-ring (bicyclic) bond motifs is 1. The lowest BCUT2D eigenvalue weighted by Crippen LogP contribution is -2.39. The molecule has 30 heavy (non-hydrogen) atoms. The van der Waals surface area contributed by atoms with Gasteiger partial charge >= 0.3 is 0 Å². The van der Waals surface area contributed by atoms with Crippen LogP contribution in [0.25, 0.3) is 0 Å². The Morgan fingerprint density at radius 3 is 2.30 bits per heavy atom. The monoisotopic (exact) mass is 479 g/mol. The summed E-state index contributed by atoms with van der Waals surface area (Å²) in [5, 5.41) is 11.6. The Hall–Kier alpha value is -1.96. The van der Waals surface area contributed by atoms with Crippen LogP contribution in [0.4, 0.5) is 0 Å². The molecular weight excluding hydrogens is 450 g/mol. The molecule has 1 heterocycles. The Kier molecular flexibility index (Phi) is 7.50. The van der Waals surface area contributed by atoms with Gasteiger partial charge in [-0.2, -0.15) is 0 Å². The van der Waals surface area contributed by atoms with Crippen LogP contribution in [0, 0.1) is 0 Å². The summed E-state index contributed by atoms with van der Waals surface area (Å²) in [5.74, 6) is 2.56. The smallest absolute Gasteiger partial charge is 0.175 e. The first-order valence-electron chi connectivity index (χ1n) is 10.1. The second-order valence-corrected chi connectivity index (χ2v) is 8.08. The minimum atomic E-state index is -0.775. The van der Waals surface area contributed by atoms with Crippen LogP contribution < -0.4 is 18.9 Å². The molecule has 1 aliphatic heterocycles. The third-order valence-electron chi connectivity index (χ3n) is 5.67. The molecule has 1 aliphatic rings. The van der Waals surface area contributed by atoms with Gasteiger partial charge in [0.05, 0.1) is 45.1 Å². The quantitative estimate of drug-likeness (QED) is 0.600. The van der Waals surface area contributed by atoms with Crippen molar-refractivity contribution in [2.75, 3.05) is 41.5 Å². The maximum atomic E-state index is 11.6. The van der Waals surface area contributed by atoms with Gasteiger partial charge in [0.15, 0.2) is 23.0 Å². The van der Waals surface area contributed by atoms with E-state index in [0.717, 1.165) is 37.1 Å². The van der Waals surface area contributed by atoms with Gasteiger partial charge in [0.2, 0.25) is 0 Å². The van der Waals surface area contributed by atoms with Crippen molar-refractivity contribution in [1.29, 1.82) is 0 Å². The van der Waals surface area contributed by atoms with Crippen LogP contribution in [0.15, 0.2) is 28.7 Å². The van der Waals surface area contributed by atoms with Crippen LogP contribution in [0.2, 0.25) is 0 Å². The van der Waals surface area contributed by atoms with Gasteiger partial charge in [0.1, 0.15) is 0 Å². The standard InChI is InChI=1S/C23H30BrNO5/c1-6-10-25-11-9-14-12-18(28-3)19(29-4)13-16(14)21(25)22(26)15-7-8-17(27-2)23(30-5)20(15)24/h7-8,12-13,21-22,26H,6,9-11H2,1-5H3/t21-,22+/m1/s1. The van der Waals surface area contributed by atoms with Crippen molar-refractivity contribution in [1.82, 2.24) is 4.90 Å². The number of hydrogen-bond acceptors (Lipinski definition) is 6. The maximum absolute atomic E-state index is 11.6. The highest BCUT2D eigenvalue weighted by Gasteiger charge is 2.36. The Labute approximate surface area is 186 Å². The molecule has 0 unspecified atom stereocenters. The maximum Gasteiger partial charge on any atom is 0.175 e. The fourth-order valence-electron chi connectivity index (χ4n) is 4.24. The zero-order valence-corrected chi connectivity index (χ0v) is 19.8. The molecule has 1 N–H and O–H groups in total. The Morgan fingerprint density at radius 1 is 1.03 bits per heavy atom. The predicted octanol–water partition coefficient (Wildman–Crippen LogP) is 4.53. The summed E-state index contributed by atoms with van der Waals surface area (Å²) in [7, 11) is 6.46. The first-order chi connectivity index (χ1) is 14.5. The number of benzene rings is 2. The number of hydrogen-bond donors (Lipinski definition) is 1. The molecule has 2 atom stereocenters. The molecule has 0 bridgehead atoms. The van der Waals surface area contributed by atoms with E-state index < -0.39 is 6.10 Å². The average Bonchev–Trinajstić information content (AvgIpc) is 2.77. The Balaban J connectivity index is 2.12. The van der Waals surface area contributed by atoms with Crippen LogP contribution in [0.5, 0.6) is 23.0 Å². The van der Waals surface area contributed by atoms with Crippen LogP contribution in [-0.4, -0.2) is 51.5 Å². The van der Waals surface area contributed by atoms with Gasteiger partial charge in [-0.15, -0.1) is 0 Å². The van der Waals surface area contributed by atoms with Gasteiger partial charge in [0, 0.05) is 12.1 Å². The normalized spacial score (nSPS) is 17.2. The third kappa shape index (κ3) is 4.11. The molecule has 0 radical (unpaired) electrons. The molecule has 0 aromatic heterocycles. The van der Waals surface area contributed by atoms with Crippen molar-refractivity contribution in [3.05, 3.63) is 45.4 Å². The molecule has 164 valence electrons. The highest BCUT2D eigenvalue weighted by molar-refractivity contribution is 9.10. The molecule has 2 aromatic carbocycles. The predicted molar refractivity (Wildman–Crippen MR) is 120 cm³/mol. The lowest BCUT2D eigenvalue weighted by atomic mass is 9.86. The minimum Gasteiger partial charge on any atom is -0.493 e. The SMILES string of the molecule is CCCN1CCc2cc(OC)c(OC)cc2[C@@H]1[C@@H](O)c1ccc(OC)c(OC)c1Br. The van der Waals surface area contributed by atoms with E-state index >= 15 is 0 Å². The van der Waals surface area contributed by atoms with Crippen molar-refractivity contribution in [2.24, 2.45) is 0 Å². The number of nitrogens with zero attached hydrogens (tertiary/aromatic N) is 1. The largest absolute Gasteiger partial charge is 0.493 e. The fourth-order valence-corrected chi connectivity index (χ4v) is 4.96. The van der Waals surface area contributed by atoms with Crippen molar-refractivity contribution in [3.8, 4) is 23.0 Å². The number of ether oxygens (including phenoxy) is 4.